The van der Waals surface area contributed by atoms with Gasteiger partial charge in [-0.3, -0.25) is 0 Å². The number of aromatic nitrogens is 1. The van der Waals surface area contributed by atoms with Gasteiger partial charge >= 0.3 is 0 Å². The highest BCUT2D eigenvalue weighted by atomic mass is 14.9. The van der Waals surface area contributed by atoms with Crippen LogP contribution in [0, 0.1) is 0 Å². The molecule has 10 heavy (non-hydrogen) atoms. The van der Waals surface area contributed by atoms with Gasteiger partial charge in [0.25, 0.3) is 0 Å². The minimum Gasteiger partial charge on any atom is -0.384 e. The fourth-order valence-electron chi connectivity index (χ4n) is 1.18. The van der Waals surface area contributed by atoms with Crippen LogP contribution in [-0.4, -0.2) is 11.0 Å². The van der Waals surface area contributed by atoms with Gasteiger partial charge in [0, 0.05) is 29.0 Å². The predicted molar refractivity (Wildman–Crippen MR) is 41.6 cm³/mol. The largest absolute Gasteiger partial charge is 0.384 e. The van der Waals surface area contributed by atoms with E-state index in [1.165, 1.54) is 10.6 Å². The topological polar surface area (TPSA) is 27.8 Å². The SMILES string of the molecule is CC1C=c2[nH]ccc2=CN1. The summed E-state index contributed by atoms with van der Waals surface area (Å²) in [6.45, 7) is 2.13. The van der Waals surface area contributed by atoms with E-state index in [4.69, 9.17) is 0 Å². The third-order valence-corrected chi connectivity index (χ3v) is 1.73. The van der Waals surface area contributed by atoms with E-state index in [-0.39, 0.29) is 0 Å². The van der Waals surface area contributed by atoms with Crippen LogP contribution in [-0.2, 0) is 0 Å². The van der Waals surface area contributed by atoms with Crippen molar-refractivity contribution >= 4 is 12.3 Å². The molecule has 1 atom stereocenters. The molecule has 2 N–H and O–H groups in total. The van der Waals surface area contributed by atoms with Gasteiger partial charge in [-0.2, -0.15) is 0 Å². The Hall–Kier alpha value is -1.18. The Morgan fingerprint density at radius 1 is 1.50 bits per heavy atom. The van der Waals surface area contributed by atoms with Crippen LogP contribution in [0.3, 0.4) is 0 Å². The molecule has 0 radical (unpaired) electrons. The van der Waals surface area contributed by atoms with Crippen molar-refractivity contribution in [1.29, 1.82) is 0 Å². The fourth-order valence-corrected chi connectivity index (χ4v) is 1.18. The van der Waals surface area contributed by atoms with Crippen LogP contribution in [0.25, 0.3) is 12.3 Å². The third kappa shape index (κ3) is 0.727. The first-order valence-corrected chi connectivity index (χ1v) is 3.48. The summed E-state index contributed by atoms with van der Waals surface area (Å²) in [7, 11) is 0. The zero-order chi connectivity index (χ0) is 6.97. The highest BCUT2D eigenvalue weighted by Crippen LogP contribution is 1.84. The lowest BCUT2D eigenvalue weighted by Crippen LogP contribution is -2.35. The molecule has 0 fully saturated rings. The number of H-pyrrole nitrogens is 1. The minimum absolute atomic E-state index is 0.450. The van der Waals surface area contributed by atoms with Crippen molar-refractivity contribution in [2.75, 3.05) is 0 Å². The molecule has 0 bridgehead atoms. The average Bonchev–Trinajstić information content (AvgIpc) is 2.33. The van der Waals surface area contributed by atoms with Crippen LogP contribution >= 0.6 is 0 Å². The molecule has 0 saturated heterocycles. The van der Waals surface area contributed by atoms with Gasteiger partial charge in [0.1, 0.15) is 0 Å². The van der Waals surface area contributed by atoms with Crippen LogP contribution in [0.5, 0.6) is 0 Å². The lowest BCUT2D eigenvalue weighted by Gasteiger charge is -2.07. The monoisotopic (exact) mass is 134 g/mol. The second kappa shape index (κ2) is 1.90. The lowest BCUT2D eigenvalue weighted by atomic mass is 10.2. The summed E-state index contributed by atoms with van der Waals surface area (Å²) in [5, 5.41) is 5.70. The van der Waals surface area contributed by atoms with E-state index in [1.807, 2.05) is 12.4 Å². The first-order valence-electron chi connectivity index (χ1n) is 3.48. The van der Waals surface area contributed by atoms with Gasteiger partial charge in [-0.1, -0.05) is 0 Å². The number of rotatable bonds is 0. The smallest absolute Gasteiger partial charge is 0.0448 e. The summed E-state index contributed by atoms with van der Waals surface area (Å²) in [6.07, 6.45) is 6.17. The second-order valence-corrected chi connectivity index (χ2v) is 2.61. The molecule has 0 amide bonds. The molecule has 52 valence electrons. The van der Waals surface area contributed by atoms with Gasteiger partial charge in [-0.25, -0.2) is 0 Å². The molecular weight excluding hydrogens is 124 g/mol. The highest BCUT2D eigenvalue weighted by molar-refractivity contribution is 5.38. The molecule has 2 heterocycles. The maximum atomic E-state index is 3.22. The van der Waals surface area contributed by atoms with Crippen molar-refractivity contribution in [3.63, 3.8) is 0 Å². The Kier molecular flexibility index (Phi) is 1.07. The van der Waals surface area contributed by atoms with Crippen molar-refractivity contribution < 1.29 is 0 Å². The van der Waals surface area contributed by atoms with Crippen molar-refractivity contribution in [3.8, 4) is 0 Å². The molecular formula is C8H10N2. The number of aromatic amines is 1. The summed E-state index contributed by atoms with van der Waals surface area (Å²) < 4.78 is 0. The molecule has 1 unspecified atom stereocenters. The number of hydrogen-bond acceptors (Lipinski definition) is 1. The lowest BCUT2D eigenvalue weighted by molar-refractivity contribution is 0.825. The van der Waals surface area contributed by atoms with Gasteiger partial charge in [0.15, 0.2) is 0 Å². The molecule has 0 saturated carbocycles. The predicted octanol–water partition coefficient (Wildman–Crippen LogP) is -0.475. The summed E-state index contributed by atoms with van der Waals surface area (Å²) in [4.78, 5) is 3.16. The first-order chi connectivity index (χ1) is 4.86. The van der Waals surface area contributed by atoms with Gasteiger partial charge in [0.05, 0.1) is 0 Å². The summed E-state index contributed by atoms with van der Waals surface area (Å²) in [5.41, 5.74) is 0. The maximum Gasteiger partial charge on any atom is 0.0448 e. The quantitative estimate of drug-likeness (QED) is 0.493. The van der Waals surface area contributed by atoms with Crippen molar-refractivity contribution in [2.24, 2.45) is 0 Å². The van der Waals surface area contributed by atoms with Crippen LogP contribution in [0.2, 0.25) is 0 Å². The van der Waals surface area contributed by atoms with E-state index in [0.717, 1.165) is 0 Å². The van der Waals surface area contributed by atoms with Crippen LogP contribution < -0.4 is 15.9 Å². The summed E-state index contributed by atoms with van der Waals surface area (Å²) in [5.74, 6) is 0. The molecule has 1 aromatic heterocycles. The molecule has 2 heteroatoms. The molecule has 1 aliphatic rings. The average molecular weight is 134 g/mol. The van der Waals surface area contributed by atoms with Crippen LogP contribution in [0.1, 0.15) is 6.92 Å². The van der Waals surface area contributed by atoms with E-state index >= 15 is 0 Å². The molecule has 1 aliphatic heterocycles. The van der Waals surface area contributed by atoms with Crippen LogP contribution in [0.4, 0.5) is 0 Å². The Morgan fingerprint density at radius 3 is 3.30 bits per heavy atom. The van der Waals surface area contributed by atoms with Crippen LogP contribution in [0.15, 0.2) is 12.3 Å². The molecule has 0 aromatic carbocycles. The summed E-state index contributed by atoms with van der Waals surface area (Å²) in [6, 6.07) is 2.51. The van der Waals surface area contributed by atoms with E-state index in [9.17, 15) is 0 Å². The molecule has 0 spiro atoms. The van der Waals surface area contributed by atoms with Crippen molar-refractivity contribution in [2.45, 2.75) is 13.0 Å². The number of nitrogens with one attached hydrogen (secondary N) is 2. The molecule has 2 rings (SSSR count). The minimum atomic E-state index is 0.450. The van der Waals surface area contributed by atoms with E-state index in [2.05, 4.69) is 29.4 Å². The summed E-state index contributed by atoms with van der Waals surface area (Å²) >= 11 is 0. The first kappa shape index (κ1) is 5.59. The van der Waals surface area contributed by atoms with Gasteiger partial charge in [-0.05, 0) is 19.1 Å². The zero-order valence-electron chi connectivity index (χ0n) is 5.89. The Bertz CT molecular complexity index is 334. The fraction of sp³-hybridized carbons (Fsp3) is 0.250. The Labute approximate surface area is 59.3 Å². The standard InChI is InChI=1S/C8H10N2/c1-6-4-8-7(5-10-6)2-3-9-8/h2-6,9-10H,1H3. The van der Waals surface area contributed by atoms with E-state index in [0.29, 0.717) is 6.04 Å². The Balaban J connectivity index is 2.73. The van der Waals surface area contributed by atoms with Gasteiger partial charge < -0.3 is 10.3 Å². The second-order valence-electron chi connectivity index (χ2n) is 2.61. The maximum absolute atomic E-state index is 3.22. The molecule has 0 aliphatic carbocycles. The highest BCUT2D eigenvalue weighted by Gasteiger charge is 1.98. The van der Waals surface area contributed by atoms with E-state index < -0.39 is 0 Å². The van der Waals surface area contributed by atoms with Crippen molar-refractivity contribution in [3.05, 3.63) is 22.8 Å². The van der Waals surface area contributed by atoms with Crippen molar-refractivity contribution in [1.82, 2.24) is 10.3 Å². The Morgan fingerprint density at radius 2 is 2.40 bits per heavy atom. The van der Waals surface area contributed by atoms with Gasteiger partial charge in [-0.15, -0.1) is 0 Å². The molecule has 1 aromatic rings. The van der Waals surface area contributed by atoms with E-state index in [1.54, 1.807) is 0 Å². The third-order valence-electron chi connectivity index (χ3n) is 1.73. The van der Waals surface area contributed by atoms with Gasteiger partial charge in [0.2, 0.25) is 0 Å². The zero-order valence-corrected chi connectivity index (χ0v) is 5.89. The molecule has 2 nitrogen and oxygen atoms in total. The number of fused-ring (bicyclic) bond motifs is 1. The normalized spacial score (nSPS) is 21.9. The number of hydrogen-bond donors (Lipinski definition) is 2.